The van der Waals surface area contributed by atoms with Crippen LogP contribution < -0.4 is 4.74 Å². The lowest BCUT2D eigenvalue weighted by Gasteiger charge is -2.00. The fourth-order valence-electron chi connectivity index (χ4n) is 0.880. The van der Waals surface area contributed by atoms with Crippen LogP contribution in [0.3, 0.4) is 0 Å². The van der Waals surface area contributed by atoms with Gasteiger partial charge >= 0.3 is 0 Å². The lowest BCUT2D eigenvalue weighted by atomic mass is 10.2. The molecule has 0 unspecified atom stereocenters. The van der Waals surface area contributed by atoms with Crippen molar-refractivity contribution in [3.63, 3.8) is 0 Å². The van der Waals surface area contributed by atoms with Gasteiger partial charge in [0, 0.05) is 11.8 Å². The van der Waals surface area contributed by atoms with Crippen molar-refractivity contribution in [2.75, 3.05) is 13.7 Å². The molecule has 0 spiro atoms. The molecule has 1 heterocycles. The van der Waals surface area contributed by atoms with E-state index in [4.69, 9.17) is 9.84 Å². The minimum absolute atomic E-state index is 0.0258. The third-order valence-corrected chi connectivity index (χ3v) is 1.40. The zero-order valence-electron chi connectivity index (χ0n) is 6.90. The Balaban J connectivity index is 2.89. The second kappa shape index (κ2) is 4.51. The minimum Gasteiger partial charge on any atom is -0.481 e. The summed E-state index contributed by atoms with van der Waals surface area (Å²) < 4.78 is 5.00. The molecule has 64 valence electrons. The molecular weight excluding hydrogens is 154 g/mol. The number of nitrogens with zero attached hydrogens (tertiary/aromatic N) is 1. The highest BCUT2D eigenvalue weighted by molar-refractivity contribution is 5.54. The molecule has 0 amide bonds. The molecule has 0 aromatic carbocycles. The first-order valence-electron chi connectivity index (χ1n) is 3.65. The minimum atomic E-state index is 0.0258. The lowest BCUT2D eigenvalue weighted by molar-refractivity contribution is 0.343. The van der Waals surface area contributed by atoms with Gasteiger partial charge in [-0.1, -0.05) is 12.2 Å². The fourth-order valence-corrected chi connectivity index (χ4v) is 0.880. The van der Waals surface area contributed by atoms with Gasteiger partial charge < -0.3 is 9.84 Å². The van der Waals surface area contributed by atoms with Gasteiger partial charge in [0.25, 0.3) is 0 Å². The summed E-state index contributed by atoms with van der Waals surface area (Å²) in [6, 6.07) is 3.69. The summed E-state index contributed by atoms with van der Waals surface area (Å²) in [7, 11) is 1.57. The van der Waals surface area contributed by atoms with Gasteiger partial charge in [0.05, 0.1) is 13.7 Å². The summed E-state index contributed by atoms with van der Waals surface area (Å²) in [6.45, 7) is 0.0258. The van der Waals surface area contributed by atoms with E-state index in [1.807, 2.05) is 12.1 Å². The predicted molar refractivity (Wildman–Crippen MR) is 46.9 cm³/mol. The van der Waals surface area contributed by atoms with Gasteiger partial charge in [-0.25, -0.2) is 4.98 Å². The van der Waals surface area contributed by atoms with Gasteiger partial charge in [0.15, 0.2) is 0 Å². The summed E-state index contributed by atoms with van der Waals surface area (Å²) in [5.41, 5.74) is 0.869. The number of aliphatic hydroxyl groups excluding tert-OH is 1. The Kier molecular flexibility index (Phi) is 3.29. The van der Waals surface area contributed by atoms with E-state index in [9.17, 15) is 0 Å². The Hall–Kier alpha value is -1.35. The van der Waals surface area contributed by atoms with Crippen LogP contribution in [0.25, 0.3) is 6.08 Å². The van der Waals surface area contributed by atoms with Crippen molar-refractivity contribution in [1.29, 1.82) is 0 Å². The van der Waals surface area contributed by atoms with E-state index in [1.54, 1.807) is 25.5 Å². The molecule has 0 bridgehead atoms. The monoisotopic (exact) mass is 165 g/mol. The maximum Gasteiger partial charge on any atom is 0.220 e. The van der Waals surface area contributed by atoms with E-state index in [-0.39, 0.29) is 6.61 Å². The normalized spacial score (nSPS) is 10.5. The summed E-state index contributed by atoms with van der Waals surface area (Å²) in [5.74, 6) is 0.571. The Labute approximate surface area is 71.3 Å². The molecule has 0 aliphatic heterocycles. The number of pyridine rings is 1. The van der Waals surface area contributed by atoms with Crippen LogP contribution in [0.2, 0.25) is 0 Å². The molecule has 0 saturated heterocycles. The first kappa shape index (κ1) is 8.74. The molecule has 1 rings (SSSR count). The van der Waals surface area contributed by atoms with Crippen molar-refractivity contribution < 1.29 is 9.84 Å². The van der Waals surface area contributed by atoms with Crippen LogP contribution in [-0.4, -0.2) is 23.8 Å². The molecule has 12 heavy (non-hydrogen) atoms. The molecular formula is C9H11NO2. The Bertz CT molecular complexity index is 271. The van der Waals surface area contributed by atoms with E-state index in [2.05, 4.69) is 4.98 Å². The second-order valence-corrected chi connectivity index (χ2v) is 2.19. The van der Waals surface area contributed by atoms with Gasteiger partial charge in [-0.15, -0.1) is 0 Å². The van der Waals surface area contributed by atoms with Gasteiger partial charge in [0.2, 0.25) is 5.88 Å². The number of aliphatic hydroxyl groups is 1. The predicted octanol–water partition coefficient (Wildman–Crippen LogP) is 1.10. The van der Waals surface area contributed by atoms with Gasteiger partial charge in [-0.05, 0) is 12.1 Å². The van der Waals surface area contributed by atoms with Crippen LogP contribution in [-0.2, 0) is 0 Å². The number of rotatable bonds is 3. The summed E-state index contributed by atoms with van der Waals surface area (Å²) in [4.78, 5) is 3.99. The third kappa shape index (κ3) is 2.07. The van der Waals surface area contributed by atoms with Crippen molar-refractivity contribution in [1.82, 2.24) is 4.98 Å². The number of aromatic nitrogens is 1. The van der Waals surface area contributed by atoms with E-state index in [1.165, 1.54) is 0 Å². The Morgan fingerprint density at radius 2 is 2.50 bits per heavy atom. The third-order valence-electron chi connectivity index (χ3n) is 1.40. The van der Waals surface area contributed by atoms with Crippen molar-refractivity contribution in [3.05, 3.63) is 30.0 Å². The van der Waals surface area contributed by atoms with E-state index >= 15 is 0 Å². The highest BCUT2D eigenvalue weighted by Gasteiger charge is 1.96. The number of ether oxygens (including phenoxy) is 1. The molecule has 0 saturated carbocycles. The number of methoxy groups -OCH3 is 1. The molecule has 1 aromatic rings. The average Bonchev–Trinajstić information content (AvgIpc) is 2.15. The average molecular weight is 165 g/mol. The van der Waals surface area contributed by atoms with E-state index < -0.39 is 0 Å². The molecule has 0 radical (unpaired) electrons. The topological polar surface area (TPSA) is 42.4 Å². The summed E-state index contributed by atoms with van der Waals surface area (Å²) >= 11 is 0. The van der Waals surface area contributed by atoms with Crippen LogP contribution in [0, 0.1) is 0 Å². The zero-order valence-corrected chi connectivity index (χ0v) is 6.90. The molecule has 0 aliphatic rings. The highest BCUT2D eigenvalue weighted by atomic mass is 16.5. The first-order chi connectivity index (χ1) is 5.88. The number of hydrogen-bond acceptors (Lipinski definition) is 3. The van der Waals surface area contributed by atoms with Crippen LogP contribution in [0.5, 0.6) is 5.88 Å². The Morgan fingerprint density at radius 1 is 1.67 bits per heavy atom. The first-order valence-corrected chi connectivity index (χ1v) is 3.65. The van der Waals surface area contributed by atoms with Crippen LogP contribution in [0.15, 0.2) is 24.4 Å². The largest absolute Gasteiger partial charge is 0.481 e. The van der Waals surface area contributed by atoms with Gasteiger partial charge in [-0.3, -0.25) is 0 Å². The Morgan fingerprint density at radius 3 is 3.17 bits per heavy atom. The fraction of sp³-hybridized carbons (Fsp3) is 0.222. The quantitative estimate of drug-likeness (QED) is 0.729. The smallest absolute Gasteiger partial charge is 0.220 e. The molecule has 1 N–H and O–H groups in total. The standard InChI is InChI=1S/C9H11NO2/c1-12-9-8(5-3-7-11)4-2-6-10-9/h2-6,11H,7H2,1H3/b5-3+. The SMILES string of the molecule is COc1ncccc1/C=C/CO. The van der Waals surface area contributed by atoms with Gasteiger partial charge in [0.1, 0.15) is 0 Å². The molecule has 3 nitrogen and oxygen atoms in total. The van der Waals surface area contributed by atoms with Crippen molar-refractivity contribution in [2.24, 2.45) is 0 Å². The van der Waals surface area contributed by atoms with Crippen molar-refractivity contribution in [3.8, 4) is 5.88 Å². The van der Waals surface area contributed by atoms with E-state index in [0.717, 1.165) is 5.56 Å². The molecule has 0 aliphatic carbocycles. The molecule has 0 fully saturated rings. The van der Waals surface area contributed by atoms with E-state index in [0.29, 0.717) is 5.88 Å². The molecule has 3 heteroatoms. The van der Waals surface area contributed by atoms with Gasteiger partial charge in [-0.2, -0.15) is 0 Å². The molecule has 1 aromatic heterocycles. The summed E-state index contributed by atoms with van der Waals surface area (Å²) in [6.07, 6.45) is 5.07. The zero-order chi connectivity index (χ0) is 8.81. The summed E-state index contributed by atoms with van der Waals surface area (Å²) in [5, 5.41) is 8.54. The van der Waals surface area contributed by atoms with Crippen LogP contribution in [0.1, 0.15) is 5.56 Å². The van der Waals surface area contributed by atoms with Crippen LogP contribution in [0.4, 0.5) is 0 Å². The maximum absolute atomic E-state index is 8.54. The highest BCUT2D eigenvalue weighted by Crippen LogP contribution is 2.14. The van der Waals surface area contributed by atoms with Crippen molar-refractivity contribution >= 4 is 6.08 Å². The maximum atomic E-state index is 8.54. The number of hydrogen-bond donors (Lipinski definition) is 1. The van der Waals surface area contributed by atoms with Crippen molar-refractivity contribution in [2.45, 2.75) is 0 Å². The van der Waals surface area contributed by atoms with Crippen LogP contribution >= 0.6 is 0 Å². The molecule has 0 atom stereocenters. The lowest BCUT2D eigenvalue weighted by Crippen LogP contribution is -1.89. The second-order valence-electron chi connectivity index (χ2n) is 2.19.